The number of benzene rings is 1. The van der Waals surface area contributed by atoms with Crippen molar-refractivity contribution in [1.82, 2.24) is 0 Å². The van der Waals surface area contributed by atoms with Gasteiger partial charge in [0.2, 0.25) is 13.9 Å². The van der Waals surface area contributed by atoms with Gasteiger partial charge in [-0.15, -0.1) is 17.5 Å². The van der Waals surface area contributed by atoms with Crippen LogP contribution in [-0.2, 0) is 10.0 Å². The molecule has 0 amide bonds. The lowest BCUT2D eigenvalue weighted by molar-refractivity contribution is 0.182. The molecular weight excluding hydrogens is 262 g/mol. The van der Waals surface area contributed by atoms with Gasteiger partial charge < -0.3 is 4.43 Å². The van der Waals surface area contributed by atoms with E-state index in [0.29, 0.717) is 5.50 Å². The second-order valence-corrected chi connectivity index (χ2v) is 9.32. The lowest BCUT2D eigenvalue weighted by atomic mass is 9.96. The first-order valence-electron chi connectivity index (χ1n) is 5.66. The fourth-order valence-electron chi connectivity index (χ4n) is 1.56. The Morgan fingerprint density at radius 2 is 1.94 bits per heavy atom. The summed E-state index contributed by atoms with van der Waals surface area (Å²) in [4.78, 5) is 0. The topological polar surface area (TPSA) is 33.0 Å². The van der Waals surface area contributed by atoms with E-state index in [1.807, 2.05) is 43.4 Å². The molecule has 0 spiro atoms. The first-order chi connectivity index (χ1) is 8.49. The van der Waals surface area contributed by atoms with Crippen LogP contribution in [0.2, 0.25) is 13.1 Å². The van der Waals surface area contributed by atoms with Gasteiger partial charge in [-0.3, -0.25) is 0 Å². The molecule has 1 atom stereocenters. The summed E-state index contributed by atoms with van der Waals surface area (Å²) in [5.41, 5.74) is -0.0255. The van der Waals surface area contributed by atoms with E-state index in [1.165, 1.54) is 0 Å². The molecule has 0 aliphatic rings. The number of alkyl halides is 1. The van der Waals surface area contributed by atoms with Crippen LogP contribution >= 0.6 is 11.6 Å². The van der Waals surface area contributed by atoms with E-state index in [0.717, 1.165) is 5.56 Å². The molecule has 0 aliphatic heterocycles. The molecule has 1 rings (SSSR count). The first kappa shape index (κ1) is 14.8. The van der Waals surface area contributed by atoms with Crippen LogP contribution in [-0.4, -0.2) is 13.8 Å². The predicted molar refractivity (Wildman–Crippen MR) is 76.5 cm³/mol. The van der Waals surface area contributed by atoms with Gasteiger partial charge in [0.25, 0.3) is 0 Å². The van der Waals surface area contributed by atoms with Crippen molar-refractivity contribution >= 4 is 19.9 Å². The average Bonchev–Trinajstić information content (AvgIpc) is 2.39. The van der Waals surface area contributed by atoms with Crippen molar-refractivity contribution in [2.45, 2.75) is 25.6 Å². The third-order valence-corrected chi connectivity index (χ3v) is 5.82. The quantitative estimate of drug-likeness (QED) is 0.480. The monoisotopic (exact) mass is 277 g/mol. The normalized spacial score (nSPS) is 13.9. The summed E-state index contributed by atoms with van der Waals surface area (Å²) in [7, 11) is -2.11. The molecule has 0 fully saturated rings. The number of rotatable bonds is 4. The maximum Gasteiger partial charge on any atom is 0.233 e. The molecule has 0 radical (unpaired) electrons. The zero-order valence-electron chi connectivity index (χ0n) is 10.8. The Balaban J connectivity index is 3.27. The maximum absolute atomic E-state index is 9.52. The van der Waals surface area contributed by atoms with Gasteiger partial charge in [0.05, 0.1) is 0 Å². The second-order valence-electron chi connectivity index (χ2n) is 4.53. The minimum Gasteiger partial charge on any atom is -0.386 e. The van der Waals surface area contributed by atoms with E-state index >= 15 is 0 Å². The van der Waals surface area contributed by atoms with Crippen molar-refractivity contribution in [2.75, 3.05) is 5.50 Å². The van der Waals surface area contributed by atoms with Crippen molar-refractivity contribution in [3.63, 3.8) is 0 Å². The van der Waals surface area contributed by atoms with Crippen molar-refractivity contribution in [2.24, 2.45) is 0 Å². The fourth-order valence-corrected chi connectivity index (χ4v) is 2.82. The molecule has 1 aromatic rings. The van der Waals surface area contributed by atoms with Gasteiger partial charge in [-0.05, 0) is 25.9 Å². The van der Waals surface area contributed by atoms with Crippen molar-refractivity contribution < 1.29 is 4.43 Å². The first-order valence-corrected chi connectivity index (χ1v) is 9.31. The summed E-state index contributed by atoms with van der Waals surface area (Å²) >= 11 is 5.92. The van der Waals surface area contributed by atoms with Gasteiger partial charge in [-0.25, -0.2) is 0 Å². The minimum absolute atomic E-state index is 0.425. The number of nitrogens with zero attached hydrogens (tertiary/aromatic N) is 1. The lowest BCUT2D eigenvalue weighted by Crippen LogP contribution is -2.43. The van der Waals surface area contributed by atoms with Crippen LogP contribution < -0.4 is 0 Å². The molecule has 2 nitrogen and oxygen atoms in total. The van der Waals surface area contributed by atoms with E-state index in [9.17, 15) is 5.26 Å². The van der Waals surface area contributed by atoms with Crippen LogP contribution in [0.25, 0.3) is 0 Å². The van der Waals surface area contributed by atoms with Crippen molar-refractivity contribution in [3.8, 4) is 17.9 Å². The van der Waals surface area contributed by atoms with Gasteiger partial charge in [0.1, 0.15) is 6.07 Å². The summed E-state index contributed by atoms with van der Waals surface area (Å²) in [6, 6.07) is 11.6. The summed E-state index contributed by atoms with van der Waals surface area (Å²) in [5.74, 6) is 5.68. The van der Waals surface area contributed by atoms with Crippen LogP contribution in [0.1, 0.15) is 12.5 Å². The van der Waals surface area contributed by atoms with E-state index in [2.05, 4.69) is 17.9 Å². The number of halogens is 1. The highest BCUT2D eigenvalue weighted by Gasteiger charge is 2.38. The number of nitriles is 1. The van der Waals surface area contributed by atoms with Crippen LogP contribution in [0.5, 0.6) is 0 Å². The molecule has 0 heterocycles. The second kappa shape index (κ2) is 6.07. The van der Waals surface area contributed by atoms with Gasteiger partial charge >= 0.3 is 0 Å². The SMILES string of the molecule is CC#CC(C#N)(O[Si](C)(C)CCl)c1ccccc1. The third kappa shape index (κ3) is 3.37. The van der Waals surface area contributed by atoms with Crippen LogP contribution in [0, 0.1) is 23.2 Å². The van der Waals surface area contributed by atoms with E-state index in [1.54, 1.807) is 6.92 Å². The average molecular weight is 278 g/mol. The standard InChI is InChI=1S/C14H16ClNOSi/c1-4-10-14(11-16,17-18(2,3)12-15)13-8-6-5-7-9-13/h5-9H,12H2,1-3H3. The van der Waals surface area contributed by atoms with Gasteiger partial charge in [0, 0.05) is 11.1 Å². The molecule has 0 bridgehead atoms. The minimum atomic E-state index is -2.11. The smallest absolute Gasteiger partial charge is 0.233 e. The molecule has 0 aromatic heterocycles. The molecule has 94 valence electrons. The molecule has 0 aliphatic carbocycles. The van der Waals surface area contributed by atoms with E-state index in [4.69, 9.17) is 16.0 Å². The summed E-state index contributed by atoms with van der Waals surface area (Å²) in [6.07, 6.45) is 0. The van der Waals surface area contributed by atoms with Gasteiger partial charge in [-0.2, -0.15) is 5.26 Å². The highest BCUT2D eigenvalue weighted by atomic mass is 35.5. The summed E-state index contributed by atoms with van der Waals surface area (Å²) in [6.45, 7) is 5.66. The molecule has 0 saturated carbocycles. The van der Waals surface area contributed by atoms with Crippen molar-refractivity contribution in [3.05, 3.63) is 35.9 Å². The fraction of sp³-hybridized carbons (Fsp3) is 0.357. The molecular formula is C14H16ClNOSi. The number of hydrogen-bond acceptors (Lipinski definition) is 2. The molecule has 1 aromatic carbocycles. The molecule has 1 unspecified atom stereocenters. The van der Waals surface area contributed by atoms with Crippen LogP contribution in [0.15, 0.2) is 30.3 Å². The zero-order valence-corrected chi connectivity index (χ0v) is 12.6. The highest BCUT2D eigenvalue weighted by Crippen LogP contribution is 2.29. The Morgan fingerprint density at radius 1 is 1.33 bits per heavy atom. The summed E-state index contributed by atoms with van der Waals surface area (Å²) in [5, 5.41) is 9.52. The Kier molecular flexibility index (Phi) is 4.99. The van der Waals surface area contributed by atoms with Crippen molar-refractivity contribution in [1.29, 1.82) is 5.26 Å². The third-order valence-electron chi connectivity index (χ3n) is 2.39. The Bertz CT molecular complexity index is 498. The van der Waals surface area contributed by atoms with E-state index < -0.39 is 13.9 Å². The van der Waals surface area contributed by atoms with E-state index in [-0.39, 0.29) is 0 Å². The van der Waals surface area contributed by atoms with Crippen LogP contribution in [0.3, 0.4) is 0 Å². The van der Waals surface area contributed by atoms with Crippen LogP contribution in [0.4, 0.5) is 0 Å². The molecule has 18 heavy (non-hydrogen) atoms. The number of hydrogen-bond donors (Lipinski definition) is 0. The predicted octanol–water partition coefficient (Wildman–Crippen LogP) is 3.43. The highest BCUT2D eigenvalue weighted by molar-refractivity contribution is 6.77. The van der Waals surface area contributed by atoms with Gasteiger partial charge in [0.15, 0.2) is 0 Å². The maximum atomic E-state index is 9.52. The zero-order chi connectivity index (χ0) is 13.6. The largest absolute Gasteiger partial charge is 0.386 e. The molecule has 0 saturated heterocycles. The summed E-state index contributed by atoms with van der Waals surface area (Å²) < 4.78 is 6.02. The Morgan fingerprint density at radius 3 is 2.39 bits per heavy atom. The Hall–Kier alpha value is -1.26. The lowest BCUT2D eigenvalue weighted by Gasteiger charge is -2.31. The Labute approximate surface area is 115 Å². The van der Waals surface area contributed by atoms with Gasteiger partial charge in [-0.1, -0.05) is 30.3 Å². The molecule has 0 N–H and O–H groups in total. The molecule has 4 heteroatoms.